The summed E-state index contributed by atoms with van der Waals surface area (Å²) in [6.45, 7) is 2.44. The number of nitriles is 1. The molecule has 20 heavy (non-hydrogen) atoms. The molecule has 0 saturated heterocycles. The Hall–Kier alpha value is -3.01. The molecular weight excluding hydrogens is 258 g/mol. The first kappa shape index (κ1) is 13.4. The van der Waals surface area contributed by atoms with Crippen LogP contribution in [0.2, 0.25) is 0 Å². The van der Waals surface area contributed by atoms with Gasteiger partial charge < -0.3 is 5.32 Å². The maximum atomic E-state index is 10.7. The van der Waals surface area contributed by atoms with E-state index < -0.39 is 4.92 Å². The van der Waals surface area contributed by atoms with E-state index in [1.165, 1.54) is 12.1 Å². The summed E-state index contributed by atoms with van der Waals surface area (Å²) in [5.74, 6) is 0.412. The van der Waals surface area contributed by atoms with Crippen molar-refractivity contribution in [3.8, 4) is 6.07 Å². The molecule has 0 aliphatic rings. The summed E-state index contributed by atoms with van der Waals surface area (Å²) in [5.41, 5.74) is 1.57. The topological polar surface area (TPSA) is 105 Å². The van der Waals surface area contributed by atoms with E-state index in [9.17, 15) is 10.1 Å². The predicted molar refractivity (Wildman–Crippen MR) is 71.9 cm³/mol. The van der Waals surface area contributed by atoms with Crippen molar-refractivity contribution in [1.82, 2.24) is 9.97 Å². The first-order valence-electron chi connectivity index (χ1n) is 5.80. The molecule has 2 aromatic heterocycles. The zero-order valence-electron chi connectivity index (χ0n) is 10.7. The minimum absolute atomic E-state index is 0.206. The van der Waals surface area contributed by atoms with Crippen molar-refractivity contribution in [2.24, 2.45) is 0 Å². The maximum absolute atomic E-state index is 10.7. The average molecular weight is 269 g/mol. The first-order valence-corrected chi connectivity index (χ1v) is 5.80. The van der Waals surface area contributed by atoms with Gasteiger partial charge in [-0.05, 0) is 30.2 Å². The SMILES string of the molecule is Cc1ccncc1CNc1ccc([N+](=O)[O-])c(C#N)n1. The Morgan fingerprint density at radius 3 is 2.90 bits per heavy atom. The highest BCUT2D eigenvalue weighted by Gasteiger charge is 2.15. The van der Waals surface area contributed by atoms with Gasteiger partial charge in [-0.2, -0.15) is 5.26 Å². The number of aryl methyl sites for hydroxylation is 1. The van der Waals surface area contributed by atoms with Crippen LogP contribution in [0.3, 0.4) is 0 Å². The van der Waals surface area contributed by atoms with Gasteiger partial charge in [-0.3, -0.25) is 15.1 Å². The van der Waals surface area contributed by atoms with E-state index in [1.807, 2.05) is 13.0 Å². The third-order valence-electron chi connectivity index (χ3n) is 2.78. The highest BCUT2D eigenvalue weighted by molar-refractivity contribution is 5.50. The minimum Gasteiger partial charge on any atom is -0.366 e. The van der Waals surface area contributed by atoms with Crippen LogP contribution in [0, 0.1) is 28.4 Å². The van der Waals surface area contributed by atoms with E-state index in [1.54, 1.807) is 18.5 Å². The Labute approximate surface area is 115 Å². The van der Waals surface area contributed by atoms with Crippen LogP contribution in [0.15, 0.2) is 30.6 Å². The molecule has 0 unspecified atom stereocenters. The fraction of sp³-hybridized carbons (Fsp3) is 0.154. The van der Waals surface area contributed by atoms with E-state index in [2.05, 4.69) is 15.3 Å². The van der Waals surface area contributed by atoms with Crippen molar-refractivity contribution in [2.75, 3.05) is 5.32 Å². The molecule has 0 bridgehead atoms. The Balaban J connectivity index is 2.17. The molecule has 2 rings (SSSR count). The summed E-state index contributed by atoms with van der Waals surface area (Å²) in [6.07, 6.45) is 3.44. The van der Waals surface area contributed by atoms with Gasteiger partial charge in [0.2, 0.25) is 5.69 Å². The first-order chi connectivity index (χ1) is 9.61. The fourth-order valence-electron chi connectivity index (χ4n) is 1.65. The lowest BCUT2D eigenvalue weighted by Crippen LogP contribution is -2.05. The normalized spacial score (nSPS) is 9.80. The number of pyridine rings is 2. The Morgan fingerprint density at radius 1 is 1.45 bits per heavy atom. The highest BCUT2D eigenvalue weighted by atomic mass is 16.6. The van der Waals surface area contributed by atoms with Gasteiger partial charge in [0.15, 0.2) is 0 Å². The van der Waals surface area contributed by atoms with Gasteiger partial charge in [-0.15, -0.1) is 0 Å². The van der Waals surface area contributed by atoms with Crippen LogP contribution in [0.1, 0.15) is 16.8 Å². The molecule has 0 spiro atoms. The molecule has 2 heterocycles. The monoisotopic (exact) mass is 269 g/mol. The van der Waals surface area contributed by atoms with Crippen molar-refractivity contribution in [3.05, 3.63) is 57.5 Å². The van der Waals surface area contributed by atoms with Gasteiger partial charge in [-0.25, -0.2) is 4.98 Å². The van der Waals surface area contributed by atoms with E-state index in [0.717, 1.165) is 11.1 Å². The zero-order chi connectivity index (χ0) is 14.5. The molecule has 7 heteroatoms. The molecule has 1 N–H and O–H groups in total. The maximum Gasteiger partial charge on any atom is 0.305 e. The number of hydrogen-bond acceptors (Lipinski definition) is 6. The third kappa shape index (κ3) is 2.87. The standard InChI is InChI=1S/C13H11N5O2/c1-9-4-5-15-7-10(9)8-16-13-3-2-12(18(19)20)11(6-14)17-13/h2-5,7H,8H2,1H3,(H,16,17). The highest BCUT2D eigenvalue weighted by Crippen LogP contribution is 2.18. The second-order valence-electron chi connectivity index (χ2n) is 4.09. The Bertz CT molecular complexity index is 693. The van der Waals surface area contributed by atoms with E-state index in [0.29, 0.717) is 12.4 Å². The molecule has 100 valence electrons. The van der Waals surface area contributed by atoms with Crippen molar-refractivity contribution in [1.29, 1.82) is 5.26 Å². The van der Waals surface area contributed by atoms with Crippen molar-refractivity contribution >= 4 is 11.5 Å². The molecule has 0 radical (unpaired) electrons. The number of nitrogens with zero attached hydrogens (tertiary/aromatic N) is 4. The summed E-state index contributed by atoms with van der Waals surface area (Å²) in [6, 6.07) is 6.36. The molecular formula is C13H11N5O2. The van der Waals surface area contributed by atoms with E-state index in [-0.39, 0.29) is 11.4 Å². The molecule has 0 aliphatic carbocycles. The van der Waals surface area contributed by atoms with Crippen LogP contribution in [-0.2, 0) is 6.54 Å². The molecule has 0 amide bonds. The predicted octanol–water partition coefficient (Wildman–Crippen LogP) is 2.18. The van der Waals surface area contributed by atoms with Crippen LogP contribution >= 0.6 is 0 Å². The Morgan fingerprint density at radius 2 is 2.25 bits per heavy atom. The van der Waals surface area contributed by atoms with Gasteiger partial charge in [0.1, 0.15) is 11.9 Å². The number of rotatable bonds is 4. The third-order valence-corrected chi connectivity index (χ3v) is 2.78. The summed E-state index contributed by atoms with van der Waals surface area (Å²) in [4.78, 5) is 18.0. The van der Waals surface area contributed by atoms with Crippen LogP contribution < -0.4 is 5.32 Å². The number of nitrogens with one attached hydrogen (secondary N) is 1. The van der Waals surface area contributed by atoms with Gasteiger partial charge in [0.05, 0.1) is 4.92 Å². The summed E-state index contributed by atoms with van der Waals surface area (Å²) in [7, 11) is 0. The molecule has 0 aromatic carbocycles. The van der Waals surface area contributed by atoms with E-state index >= 15 is 0 Å². The largest absolute Gasteiger partial charge is 0.366 e. The summed E-state index contributed by atoms with van der Waals surface area (Å²) < 4.78 is 0. The van der Waals surface area contributed by atoms with Crippen molar-refractivity contribution < 1.29 is 4.92 Å². The lowest BCUT2D eigenvalue weighted by Gasteiger charge is -2.07. The van der Waals surface area contributed by atoms with Crippen LogP contribution in [0.5, 0.6) is 0 Å². The quantitative estimate of drug-likeness (QED) is 0.673. The fourth-order valence-corrected chi connectivity index (χ4v) is 1.65. The number of anilines is 1. The lowest BCUT2D eigenvalue weighted by molar-refractivity contribution is -0.385. The second-order valence-corrected chi connectivity index (χ2v) is 4.09. The molecule has 0 atom stereocenters. The molecule has 0 fully saturated rings. The van der Waals surface area contributed by atoms with Crippen molar-refractivity contribution in [2.45, 2.75) is 13.5 Å². The smallest absolute Gasteiger partial charge is 0.305 e. The zero-order valence-corrected chi connectivity index (χ0v) is 10.7. The van der Waals surface area contributed by atoms with Gasteiger partial charge in [0, 0.05) is 25.0 Å². The molecule has 7 nitrogen and oxygen atoms in total. The van der Waals surface area contributed by atoms with Gasteiger partial charge >= 0.3 is 5.69 Å². The lowest BCUT2D eigenvalue weighted by atomic mass is 10.1. The van der Waals surface area contributed by atoms with Crippen LogP contribution in [0.25, 0.3) is 0 Å². The summed E-state index contributed by atoms with van der Waals surface area (Å²) in [5, 5.41) is 22.6. The second kappa shape index (κ2) is 5.75. The van der Waals surface area contributed by atoms with Crippen molar-refractivity contribution in [3.63, 3.8) is 0 Å². The number of nitro groups is 1. The Kier molecular flexibility index (Phi) is 3.86. The van der Waals surface area contributed by atoms with E-state index in [4.69, 9.17) is 5.26 Å². The number of aromatic nitrogens is 2. The molecule has 0 aliphatic heterocycles. The molecule has 2 aromatic rings. The van der Waals surface area contributed by atoms with Gasteiger partial charge in [-0.1, -0.05) is 0 Å². The number of hydrogen-bond donors (Lipinski definition) is 1. The summed E-state index contributed by atoms with van der Waals surface area (Å²) >= 11 is 0. The van der Waals surface area contributed by atoms with Crippen LogP contribution in [0.4, 0.5) is 11.5 Å². The average Bonchev–Trinajstić information content (AvgIpc) is 2.46. The minimum atomic E-state index is -0.624. The van der Waals surface area contributed by atoms with Crippen LogP contribution in [-0.4, -0.2) is 14.9 Å². The van der Waals surface area contributed by atoms with Gasteiger partial charge in [0.25, 0.3) is 0 Å². The molecule has 0 saturated carbocycles.